The summed E-state index contributed by atoms with van der Waals surface area (Å²) in [5, 5.41) is 2.86. The third-order valence-electron chi connectivity index (χ3n) is 2.38. The second-order valence-corrected chi connectivity index (χ2v) is 5.09. The van der Waals surface area contributed by atoms with E-state index >= 15 is 0 Å². The SMILES string of the molecule is COc1cc(C(=O)NCC(C)C)cc(OC)c1Br. The number of carbonyl (C=O) groups is 1. The van der Waals surface area contributed by atoms with Crippen LogP contribution in [0.25, 0.3) is 0 Å². The van der Waals surface area contributed by atoms with Crippen LogP contribution in [0.4, 0.5) is 0 Å². The van der Waals surface area contributed by atoms with Crippen molar-refractivity contribution in [2.45, 2.75) is 13.8 Å². The van der Waals surface area contributed by atoms with E-state index in [1.54, 1.807) is 26.4 Å². The Balaban J connectivity index is 2.98. The van der Waals surface area contributed by atoms with E-state index < -0.39 is 0 Å². The van der Waals surface area contributed by atoms with Crippen molar-refractivity contribution in [1.82, 2.24) is 5.32 Å². The zero-order chi connectivity index (χ0) is 13.7. The highest BCUT2D eigenvalue weighted by Gasteiger charge is 2.14. The van der Waals surface area contributed by atoms with E-state index in [0.717, 1.165) is 0 Å². The molecule has 0 bridgehead atoms. The average molecular weight is 316 g/mol. The Morgan fingerprint density at radius 1 is 1.28 bits per heavy atom. The lowest BCUT2D eigenvalue weighted by Crippen LogP contribution is -2.27. The standard InChI is InChI=1S/C13H18BrNO3/c1-8(2)7-15-13(16)9-5-10(17-3)12(14)11(6-9)18-4/h5-6,8H,7H2,1-4H3,(H,15,16). The maximum absolute atomic E-state index is 12.0. The molecule has 0 saturated heterocycles. The van der Waals surface area contributed by atoms with Gasteiger partial charge in [-0.25, -0.2) is 0 Å². The third kappa shape index (κ3) is 3.63. The fourth-order valence-corrected chi connectivity index (χ4v) is 1.95. The van der Waals surface area contributed by atoms with Gasteiger partial charge in [0, 0.05) is 12.1 Å². The number of benzene rings is 1. The summed E-state index contributed by atoms with van der Waals surface area (Å²) in [6.07, 6.45) is 0. The lowest BCUT2D eigenvalue weighted by Gasteiger charge is -2.12. The normalized spacial score (nSPS) is 10.3. The molecule has 0 aliphatic carbocycles. The maximum Gasteiger partial charge on any atom is 0.251 e. The van der Waals surface area contributed by atoms with Crippen molar-refractivity contribution < 1.29 is 14.3 Å². The second kappa shape index (κ2) is 6.64. The van der Waals surface area contributed by atoms with Crippen LogP contribution in [0, 0.1) is 5.92 Å². The molecule has 0 aliphatic rings. The average Bonchev–Trinajstić information content (AvgIpc) is 2.36. The molecule has 1 N–H and O–H groups in total. The van der Waals surface area contributed by atoms with Gasteiger partial charge < -0.3 is 14.8 Å². The van der Waals surface area contributed by atoms with Crippen molar-refractivity contribution in [2.24, 2.45) is 5.92 Å². The van der Waals surface area contributed by atoms with Gasteiger partial charge in [-0.15, -0.1) is 0 Å². The van der Waals surface area contributed by atoms with Crippen molar-refractivity contribution in [3.8, 4) is 11.5 Å². The maximum atomic E-state index is 12.0. The molecule has 0 unspecified atom stereocenters. The van der Waals surface area contributed by atoms with Gasteiger partial charge in [-0.1, -0.05) is 13.8 Å². The van der Waals surface area contributed by atoms with Gasteiger partial charge in [0.1, 0.15) is 16.0 Å². The van der Waals surface area contributed by atoms with Gasteiger partial charge in [-0.05, 0) is 34.0 Å². The lowest BCUT2D eigenvalue weighted by atomic mass is 10.1. The Kier molecular flexibility index (Phi) is 5.47. The largest absolute Gasteiger partial charge is 0.495 e. The molecular formula is C13H18BrNO3. The van der Waals surface area contributed by atoms with E-state index in [9.17, 15) is 4.79 Å². The zero-order valence-electron chi connectivity index (χ0n) is 11.0. The molecule has 4 nitrogen and oxygen atoms in total. The topological polar surface area (TPSA) is 47.6 Å². The molecule has 0 aliphatic heterocycles. The van der Waals surface area contributed by atoms with Gasteiger partial charge >= 0.3 is 0 Å². The summed E-state index contributed by atoms with van der Waals surface area (Å²) in [5.74, 6) is 1.43. The number of ether oxygens (including phenoxy) is 2. The number of nitrogens with one attached hydrogen (secondary N) is 1. The molecule has 5 heteroatoms. The Hall–Kier alpha value is -1.23. The molecule has 1 aromatic carbocycles. The predicted octanol–water partition coefficient (Wildman–Crippen LogP) is 2.85. The second-order valence-electron chi connectivity index (χ2n) is 4.30. The van der Waals surface area contributed by atoms with Gasteiger partial charge in [-0.2, -0.15) is 0 Å². The molecule has 1 amide bonds. The van der Waals surface area contributed by atoms with Crippen molar-refractivity contribution in [3.05, 3.63) is 22.2 Å². The number of amides is 1. The fraction of sp³-hybridized carbons (Fsp3) is 0.462. The molecule has 0 saturated carbocycles. The number of methoxy groups -OCH3 is 2. The summed E-state index contributed by atoms with van der Waals surface area (Å²) >= 11 is 3.37. The molecule has 0 aromatic heterocycles. The molecule has 18 heavy (non-hydrogen) atoms. The predicted molar refractivity (Wildman–Crippen MR) is 74.4 cm³/mol. The highest BCUT2D eigenvalue weighted by molar-refractivity contribution is 9.10. The molecular weight excluding hydrogens is 298 g/mol. The molecule has 0 radical (unpaired) electrons. The summed E-state index contributed by atoms with van der Waals surface area (Å²) < 4.78 is 11.1. The van der Waals surface area contributed by atoms with Crippen LogP contribution >= 0.6 is 15.9 Å². The van der Waals surface area contributed by atoms with E-state index in [0.29, 0.717) is 34.0 Å². The minimum absolute atomic E-state index is 0.132. The number of hydrogen-bond acceptors (Lipinski definition) is 3. The Morgan fingerprint density at radius 2 is 1.78 bits per heavy atom. The van der Waals surface area contributed by atoms with Crippen LogP contribution in [-0.2, 0) is 0 Å². The quantitative estimate of drug-likeness (QED) is 0.909. The molecule has 1 rings (SSSR count). The Labute approximate surface area is 116 Å². The Morgan fingerprint density at radius 3 is 2.17 bits per heavy atom. The smallest absolute Gasteiger partial charge is 0.251 e. The molecule has 0 heterocycles. The van der Waals surface area contributed by atoms with Gasteiger partial charge in [0.25, 0.3) is 5.91 Å². The van der Waals surface area contributed by atoms with Crippen molar-refractivity contribution >= 4 is 21.8 Å². The number of rotatable bonds is 5. The first-order valence-corrected chi connectivity index (χ1v) is 6.48. The minimum Gasteiger partial charge on any atom is -0.495 e. The molecule has 0 spiro atoms. The van der Waals surface area contributed by atoms with Crippen molar-refractivity contribution in [2.75, 3.05) is 20.8 Å². The van der Waals surface area contributed by atoms with E-state index in [-0.39, 0.29) is 5.91 Å². The van der Waals surface area contributed by atoms with E-state index in [1.807, 2.05) is 13.8 Å². The lowest BCUT2D eigenvalue weighted by molar-refractivity contribution is 0.0948. The highest BCUT2D eigenvalue weighted by Crippen LogP contribution is 2.35. The van der Waals surface area contributed by atoms with E-state index in [2.05, 4.69) is 21.2 Å². The summed E-state index contributed by atoms with van der Waals surface area (Å²) in [6, 6.07) is 3.37. The van der Waals surface area contributed by atoms with Gasteiger partial charge in [-0.3, -0.25) is 4.79 Å². The van der Waals surface area contributed by atoms with Crippen LogP contribution in [-0.4, -0.2) is 26.7 Å². The summed E-state index contributed by atoms with van der Waals surface area (Å²) in [4.78, 5) is 12.0. The highest BCUT2D eigenvalue weighted by atomic mass is 79.9. The van der Waals surface area contributed by atoms with Crippen molar-refractivity contribution in [1.29, 1.82) is 0 Å². The molecule has 1 aromatic rings. The van der Waals surface area contributed by atoms with Gasteiger partial charge in [0.05, 0.1) is 14.2 Å². The number of halogens is 1. The first-order chi connectivity index (χ1) is 8.49. The van der Waals surface area contributed by atoms with E-state index in [4.69, 9.17) is 9.47 Å². The fourth-order valence-electron chi connectivity index (χ4n) is 1.40. The van der Waals surface area contributed by atoms with Crippen LogP contribution in [0.5, 0.6) is 11.5 Å². The number of hydrogen-bond donors (Lipinski definition) is 1. The summed E-state index contributed by atoms with van der Waals surface area (Å²) in [5.41, 5.74) is 0.521. The van der Waals surface area contributed by atoms with Crippen LogP contribution in [0.2, 0.25) is 0 Å². The van der Waals surface area contributed by atoms with Gasteiger partial charge in [0.15, 0.2) is 0 Å². The number of carbonyl (C=O) groups excluding carboxylic acids is 1. The molecule has 0 fully saturated rings. The summed E-state index contributed by atoms with van der Waals surface area (Å²) in [7, 11) is 3.10. The minimum atomic E-state index is -0.132. The molecule has 0 atom stereocenters. The zero-order valence-corrected chi connectivity index (χ0v) is 12.6. The monoisotopic (exact) mass is 315 g/mol. The Bertz CT molecular complexity index is 407. The van der Waals surface area contributed by atoms with Crippen LogP contribution in [0.3, 0.4) is 0 Å². The van der Waals surface area contributed by atoms with Gasteiger partial charge in [0.2, 0.25) is 0 Å². The first-order valence-electron chi connectivity index (χ1n) is 5.69. The summed E-state index contributed by atoms with van der Waals surface area (Å²) in [6.45, 7) is 4.73. The third-order valence-corrected chi connectivity index (χ3v) is 3.16. The van der Waals surface area contributed by atoms with Crippen LogP contribution < -0.4 is 14.8 Å². The van der Waals surface area contributed by atoms with Crippen molar-refractivity contribution in [3.63, 3.8) is 0 Å². The van der Waals surface area contributed by atoms with E-state index in [1.165, 1.54) is 0 Å². The van der Waals surface area contributed by atoms with Crippen LogP contribution in [0.1, 0.15) is 24.2 Å². The first kappa shape index (κ1) is 14.8. The molecule has 100 valence electrons. The van der Waals surface area contributed by atoms with Crippen LogP contribution in [0.15, 0.2) is 16.6 Å².